The molecular weight excluding hydrogens is 213 g/mol. The molecule has 0 aromatic heterocycles. The molecule has 1 aromatic carbocycles. The minimum Gasteiger partial charge on any atom is -0.495 e. The van der Waals surface area contributed by atoms with Crippen LogP contribution in [-0.2, 0) is 4.84 Å². The largest absolute Gasteiger partial charge is 0.495 e. The monoisotopic (exact) mass is 225 g/mol. The highest BCUT2D eigenvalue weighted by Crippen LogP contribution is 2.22. The van der Waals surface area contributed by atoms with Crippen LogP contribution in [0, 0.1) is 0 Å². The normalized spacial score (nSPS) is 7.85. The smallest absolute Gasteiger partial charge is 0.144 e. The minimum atomic E-state index is 0. The average molecular weight is 226 g/mol. The van der Waals surface area contributed by atoms with Gasteiger partial charge in [-0.15, -0.1) is 24.8 Å². The van der Waals surface area contributed by atoms with E-state index in [1.54, 1.807) is 14.2 Å². The van der Waals surface area contributed by atoms with Crippen molar-refractivity contribution < 1.29 is 9.57 Å². The van der Waals surface area contributed by atoms with Crippen LogP contribution in [0.1, 0.15) is 0 Å². The Morgan fingerprint density at radius 2 is 1.69 bits per heavy atom. The second-order valence-corrected chi connectivity index (χ2v) is 2.01. The summed E-state index contributed by atoms with van der Waals surface area (Å²) in [6.07, 6.45) is 0. The molecule has 0 radical (unpaired) electrons. The molecule has 0 aliphatic heterocycles. The Morgan fingerprint density at radius 3 is 2.23 bits per heavy atom. The Hall–Kier alpha value is -0.640. The SMILES string of the molecule is CONc1ccccc1OC.Cl.Cl. The van der Waals surface area contributed by atoms with Crippen LogP contribution < -0.4 is 10.2 Å². The molecule has 0 bridgehead atoms. The summed E-state index contributed by atoms with van der Waals surface area (Å²) in [6.45, 7) is 0. The lowest BCUT2D eigenvalue weighted by Gasteiger charge is -2.07. The molecule has 3 nitrogen and oxygen atoms in total. The molecule has 1 N–H and O–H groups in total. The summed E-state index contributed by atoms with van der Waals surface area (Å²) < 4.78 is 5.06. The topological polar surface area (TPSA) is 30.5 Å². The van der Waals surface area contributed by atoms with E-state index in [0.717, 1.165) is 11.4 Å². The first kappa shape index (κ1) is 14.9. The molecule has 1 aromatic rings. The lowest BCUT2D eigenvalue weighted by molar-refractivity contribution is 0.268. The van der Waals surface area contributed by atoms with Crippen molar-refractivity contribution in [1.82, 2.24) is 0 Å². The lowest BCUT2D eigenvalue weighted by Crippen LogP contribution is -1.97. The number of methoxy groups -OCH3 is 1. The van der Waals surface area contributed by atoms with Crippen LogP contribution in [-0.4, -0.2) is 14.2 Å². The summed E-state index contributed by atoms with van der Waals surface area (Å²) in [5, 5.41) is 0. The van der Waals surface area contributed by atoms with Crippen LogP contribution in [0.2, 0.25) is 0 Å². The van der Waals surface area contributed by atoms with E-state index in [2.05, 4.69) is 5.48 Å². The van der Waals surface area contributed by atoms with E-state index in [4.69, 9.17) is 9.57 Å². The molecule has 0 saturated heterocycles. The van der Waals surface area contributed by atoms with E-state index in [9.17, 15) is 0 Å². The van der Waals surface area contributed by atoms with E-state index >= 15 is 0 Å². The van der Waals surface area contributed by atoms with Crippen LogP contribution in [0.5, 0.6) is 5.75 Å². The Balaban J connectivity index is 0. The molecule has 5 heteroatoms. The van der Waals surface area contributed by atoms with Crippen molar-refractivity contribution in [3.63, 3.8) is 0 Å². The maximum atomic E-state index is 5.06. The Labute approximate surface area is 90.2 Å². The predicted octanol–water partition coefficient (Wildman–Crippen LogP) is 2.51. The molecule has 0 fully saturated rings. The summed E-state index contributed by atoms with van der Waals surface area (Å²) in [6, 6.07) is 7.55. The number of nitrogens with one attached hydrogen (secondary N) is 1. The average Bonchev–Trinajstić information content (AvgIpc) is 2.06. The summed E-state index contributed by atoms with van der Waals surface area (Å²) in [5.41, 5.74) is 3.53. The standard InChI is InChI=1S/C8H11NO2.2ClH/c1-10-8-6-4-3-5-7(8)9-11-2;;/h3-6,9H,1-2H3;2*1H. The van der Waals surface area contributed by atoms with Gasteiger partial charge >= 0.3 is 0 Å². The molecule has 0 aliphatic carbocycles. The summed E-state index contributed by atoms with van der Waals surface area (Å²) in [4.78, 5) is 4.74. The van der Waals surface area contributed by atoms with Gasteiger partial charge in [0.05, 0.1) is 14.2 Å². The lowest BCUT2D eigenvalue weighted by atomic mass is 10.3. The van der Waals surface area contributed by atoms with Gasteiger partial charge in [-0.05, 0) is 12.1 Å². The summed E-state index contributed by atoms with van der Waals surface area (Å²) in [7, 11) is 3.18. The molecule has 0 heterocycles. The molecule has 0 unspecified atom stereocenters. The fourth-order valence-electron chi connectivity index (χ4n) is 0.839. The molecule has 0 atom stereocenters. The van der Waals surface area contributed by atoms with Crippen LogP contribution in [0.4, 0.5) is 5.69 Å². The molecule has 0 amide bonds. The van der Waals surface area contributed by atoms with Crippen molar-refractivity contribution in [2.75, 3.05) is 19.7 Å². The Morgan fingerprint density at radius 1 is 1.08 bits per heavy atom. The third-order valence-electron chi connectivity index (χ3n) is 1.32. The quantitative estimate of drug-likeness (QED) is 0.803. The van der Waals surface area contributed by atoms with Gasteiger partial charge in [0.2, 0.25) is 0 Å². The van der Waals surface area contributed by atoms with Crippen molar-refractivity contribution >= 4 is 30.5 Å². The van der Waals surface area contributed by atoms with Crippen LogP contribution in [0.3, 0.4) is 0 Å². The fourth-order valence-corrected chi connectivity index (χ4v) is 0.839. The molecule has 13 heavy (non-hydrogen) atoms. The predicted molar refractivity (Wildman–Crippen MR) is 58.1 cm³/mol. The van der Waals surface area contributed by atoms with Gasteiger partial charge in [-0.1, -0.05) is 12.1 Å². The highest BCUT2D eigenvalue weighted by Gasteiger charge is 1.97. The number of ether oxygens (including phenoxy) is 1. The van der Waals surface area contributed by atoms with Gasteiger partial charge in [0.25, 0.3) is 0 Å². The summed E-state index contributed by atoms with van der Waals surface area (Å²) >= 11 is 0. The first-order valence-corrected chi connectivity index (χ1v) is 3.30. The van der Waals surface area contributed by atoms with Crippen LogP contribution >= 0.6 is 24.8 Å². The zero-order valence-corrected chi connectivity index (χ0v) is 9.08. The Bertz CT molecular complexity index is 233. The van der Waals surface area contributed by atoms with Crippen molar-refractivity contribution in [2.24, 2.45) is 0 Å². The van der Waals surface area contributed by atoms with E-state index in [1.807, 2.05) is 24.3 Å². The highest BCUT2D eigenvalue weighted by atomic mass is 35.5. The number of halogens is 2. The number of hydrogen-bond donors (Lipinski definition) is 1. The molecular formula is C8H13Cl2NO2. The van der Waals surface area contributed by atoms with E-state index in [0.29, 0.717) is 0 Å². The summed E-state index contributed by atoms with van der Waals surface area (Å²) in [5.74, 6) is 0.773. The van der Waals surface area contributed by atoms with E-state index in [1.165, 1.54) is 0 Å². The van der Waals surface area contributed by atoms with E-state index in [-0.39, 0.29) is 24.8 Å². The van der Waals surface area contributed by atoms with Crippen molar-refractivity contribution in [3.8, 4) is 5.75 Å². The third kappa shape index (κ3) is 4.22. The molecule has 0 aliphatic rings. The van der Waals surface area contributed by atoms with Crippen molar-refractivity contribution in [3.05, 3.63) is 24.3 Å². The number of anilines is 1. The second-order valence-electron chi connectivity index (χ2n) is 2.01. The van der Waals surface area contributed by atoms with Gasteiger partial charge < -0.3 is 4.74 Å². The first-order chi connectivity index (χ1) is 5.38. The minimum absolute atomic E-state index is 0. The molecule has 1 rings (SSSR count). The third-order valence-corrected chi connectivity index (χ3v) is 1.32. The van der Waals surface area contributed by atoms with Gasteiger partial charge in [-0.3, -0.25) is 10.3 Å². The van der Waals surface area contributed by atoms with Gasteiger partial charge in [0, 0.05) is 0 Å². The number of hydrogen-bond acceptors (Lipinski definition) is 3. The first-order valence-electron chi connectivity index (χ1n) is 3.30. The van der Waals surface area contributed by atoms with E-state index < -0.39 is 0 Å². The zero-order valence-electron chi connectivity index (χ0n) is 7.44. The maximum Gasteiger partial charge on any atom is 0.144 e. The maximum absolute atomic E-state index is 5.06. The number of benzene rings is 1. The fraction of sp³-hybridized carbons (Fsp3) is 0.250. The molecule has 0 spiro atoms. The van der Waals surface area contributed by atoms with Gasteiger partial charge in [0.15, 0.2) is 0 Å². The Kier molecular flexibility index (Phi) is 9.12. The molecule has 76 valence electrons. The van der Waals surface area contributed by atoms with Crippen LogP contribution in [0.15, 0.2) is 24.3 Å². The number of rotatable bonds is 3. The van der Waals surface area contributed by atoms with Crippen LogP contribution in [0.25, 0.3) is 0 Å². The van der Waals surface area contributed by atoms with Crippen molar-refractivity contribution in [1.29, 1.82) is 0 Å². The van der Waals surface area contributed by atoms with Gasteiger partial charge in [-0.25, -0.2) is 0 Å². The highest BCUT2D eigenvalue weighted by molar-refractivity contribution is 5.85. The second kappa shape index (κ2) is 7.98. The van der Waals surface area contributed by atoms with Crippen molar-refractivity contribution in [2.45, 2.75) is 0 Å². The zero-order chi connectivity index (χ0) is 8.10. The van der Waals surface area contributed by atoms with Gasteiger partial charge in [-0.2, -0.15) is 0 Å². The molecule has 0 saturated carbocycles. The number of para-hydroxylation sites is 2. The van der Waals surface area contributed by atoms with Gasteiger partial charge in [0.1, 0.15) is 11.4 Å².